The summed E-state index contributed by atoms with van der Waals surface area (Å²) in [7, 11) is 0. The van der Waals surface area contributed by atoms with Crippen molar-refractivity contribution in [1.82, 2.24) is 15.5 Å². The monoisotopic (exact) mass is 432 g/mol. The molecule has 0 bridgehead atoms. The molecule has 1 amide bonds. The summed E-state index contributed by atoms with van der Waals surface area (Å²) in [6.07, 6.45) is -2.43. The molecule has 9 heteroatoms. The fraction of sp³-hybridized carbons (Fsp3) is 0.455. The number of nitriles is 1. The van der Waals surface area contributed by atoms with E-state index in [0.717, 1.165) is 17.8 Å². The van der Waals surface area contributed by atoms with Crippen molar-refractivity contribution in [2.24, 2.45) is 0 Å². The maximum absolute atomic E-state index is 13.1. The maximum atomic E-state index is 13.1. The Bertz CT molecular complexity index is 960. The number of halogens is 3. The molecule has 0 atom stereocenters. The van der Waals surface area contributed by atoms with E-state index >= 15 is 0 Å². The first-order chi connectivity index (χ1) is 14.7. The van der Waals surface area contributed by atoms with Crippen molar-refractivity contribution in [3.8, 4) is 11.8 Å². The Kier molecular flexibility index (Phi) is 6.78. The van der Waals surface area contributed by atoms with Crippen molar-refractivity contribution < 1.29 is 22.7 Å². The lowest BCUT2D eigenvalue weighted by atomic mass is 9.92. The van der Waals surface area contributed by atoms with Crippen LogP contribution in [0, 0.1) is 11.3 Å². The highest BCUT2D eigenvalue weighted by molar-refractivity contribution is 5.92. The number of hydrogen-bond acceptors (Lipinski definition) is 5. The molecular formula is C22H23F3N4O2. The van der Waals surface area contributed by atoms with Gasteiger partial charge in [-0.05, 0) is 61.9 Å². The number of nitrogens with one attached hydrogen (secondary N) is 1. The van der Waals surface area contributed by atoms with Crippen molar-refractivity contribution in [2.75, 3.05) is 0 Å². The van der Waals surface area contributed by atoms with Gasteiger partial charge in [-0.2, -0.15) is 23.5 Å². The molecule has 164 valence electrons. The second-order valence-corrected chi connectivity index (χ2v) is 7.88. The van der Waals surface area contributed by atoms with Crippen LogP contribution >= 0.6 is 0 Å². The average Bonchev–Trinajstić information content (AvgIpc) is 2.74. The quantitative estimate of drug-likeness (QED) is 0.745. The minimum absolute atomic E-state index is 0.0642. The molecular weight excluding hydrogens is 409 g/mol. The minimum Gasteiger partial charge on any atom is -0.490 e. The Balaban J connectivity index is 1.54. The first kappa shape index (κ1) is 22.5. The smallest absolute Gasteiger partial charge is 0.417 e. The zero-order valence-electron chi connectivity index (χ0n) is 17.2. The van der Waals surface area contributed by atoms with Gasteiger partial charge in [0.1, 0.15) is 5.75 Å². The molecule has 1 heterocycles. The van der Waals surface area contributed by atoms with Crippen LogP contribution in [0.2, 0.25) is 0 Å². The first-order valence-corrected chi connectivity index (χ1v) is 10.1. The molecule has 2 aromatic rings. The van der Waals surface area contributed by atoms with E-state index in [-0.39, 0.29) is 35.4 Å². The second kappa shape index (κ2) is 9.33. The van der Waals surface area contributed by atoms with E-state index in [9.17, 15) is 18.0 Å². The molecule has 3 rings (SSSR count). The molecule has 1 aromatic carbocycles. The van der Waals surface area contributed by atoms with Gasteiger partial charge in [-0.3, -0.25) is 4.79 Å². The van der Waals surface area contributed by atoms with Crippen LogP contribution in [0.4, 0.5) is 13.2 Å². The number of hydrogen-bond donors (Lipinski definition) is 1. The van der Waals surface area contributed by atoms with Gasteiger partial charge in [0, 0.05) is 6.04 Å². The summed E-state index contributed by atoms with van der Waals surface area (Å²) in [5.74, 6) is 0.0108. The van der Waals surface area contributed by atoms with Crippen molar-refractivity contribution in [3.05, 3.63) is 52.8 Å². The summed E-state index contributed by atoms with van der Waals surface area (Å²) in [5.41, 5.74) is -0.375. The number of aromatic nitrogens is 2. The third kappa shape index (κ3) is 5.72. The van der Waals surface area contributed by atoms with Gasteiger partial charge in [0.15, 0.2) is 5.69 Å². The van der Waals surface area contributed by atoms with Crippen molar-refractivity contribution in [2.45, 2.75) is 63.8 Å². The fourth-order valence-corrected chi connectivity index (χ4v) is 3.48. The molecule has 0 unspecified atom stereocenters. The molecule has 6 nitrogen and oxygen atoms in total. The zero-order chi connectivity index (χ0) is 22.6. The van der Waals surface area contributed by atoms with Gasteiger partial charge in [0.25, 0.3) is 5.91 Å². The molecule has 1 fully saturated rings. The van der Waals surface area contributed by atoms with Crippen molar-refractivity contribution in [1.29, 1.82) is 5.26 Å². The fourth-order valence-electron chi connectivity index (χ4n) is 3.48. The Labute approximate surface area is 178 Å². The van der Waals surface area contributed by atoms with Gasteiger partial charge in [0.05, 0.1) is 29.0 Å². The maximum Gasteiger partial charge on any atom is 0.417 e. The van der Waals surface area contributed by atoms with Gasteiger partial charge in [-0.25, -0.2) is 0 Å². The van der Waals surface area contributed by atoms with Gasteiger partial charge in [-0.1, -0.05) is 13.8 Å². The third-order valence-electron chi connectivity index (χ3n) is 5.24. The molecule has 31 heavy (non-hydrogen) atoms. The number of carbonyl (C=O) groups is 1. The van der Waals surface area contributed by atoms with E-state index < -0.39 is 17.3 Å². The SMILES string of the molecule is CC(C)c1ccc(C(=O)NC2CCC(Oc3ccc(C#N)c(C(F)(F)F)c3)CC2)nn1. The molecule has 1 aromatic heterocycles. The van der Waals surface area contributed by atoms with Crippen LogP contribution in [-0.4, -0.2) is 28.3 Å². The normalized spacial score (nSPS) is 19.0. The number of rotatable bonds is 5. The molecule has 1 aliphatic carbocycles. The zero-order valence-corrected chi connectivity index (χ0v) is 17.2. The molecule has 0 saturated heterocycles. The predicted molar refractivity (Wildman–Crippen MR) is 106 cm³/mol. The van der Waals surface area contributed by atoms with E-state index in [1.807, 2.05) is 13.8 Å². The van der Waals surface area contributed by atoms with Crippen LogP contribution in [0.1, 0.15) is 72.8 Å². The van der Waals surface area contributed by atoms with Gasteiger partial charge < -0.3 is 10.1 Å². The van der Waals surface area contributed by atoms with Crippen molar-refractivity contribution in [3.63, 3.8) is 0 Å². The van der Waals surface area contributed by atoms with E-state index in [2.05, 4.69) is 15.5 Å². The van der Waals surface area contributed by atoms with E-state index in [4.69, 9.17) is 10.00 Å². The number of carbonyl (C=O) groups excluding carboxylic acids is 1. The summed E-state index contributed by atoms with van der Waals surface area (Å²) >= 11 is 0. The average molecular weight is 432 g/mol. The molecule has 0 spiro atoms. The lowest BCUT2D eigenvalue weighted by molar-refractivity contribution is -0.137. The molecule has 1 aliphatic rings. The van der Waals surface area contributed by atoms with Crippen LogP contribution < -0.4 is 10.1 Å². The Morgan fingerprint density at radius 3 is 2.42 bits per heavy atom. The number of alkyl halides is 3. The third-order valence-corrected chi connectivity index (χ3v) is 5.24. The van der Waals surface area contributed by atoms with Crippen molar-refractivity contribution >= 4 is 5.91 Å². The summed E-state index contributed by atoms with van der Waals surface area (Å²) in [6, 6.07) is 8.28. The highest BCUT2D eigenvalue weighted by Crippen LogP contribution is 2.35. The van der Waals surface area contributed by atoms with Crippen LogP contribution in [0.15, 0.2) is 30.3 Å². The Hall–Kier alpha value is -3.15. The van der Waals surface area contributed by atoms with Crippen LogP contribution in [0.5, 0.6) is 5.75 Å². The van der Waals surface area contributed by atoms with E-state index in [1.165, 1.54) is 6.07 Å². The molecule has 0 aliphatic heterocycles. The molecule has 0 radical (unpaired) electrons. The van der Waals surface area contributed by atoms with E-state index in [0.29, 0.717) is 25.7 Å². The molecule has 1 N–H and O–H groups in total. The van der Waals surface area contributed by atoms with Gasteiger partial charge in [0.2, 0.25) is 0 Å². The summed E-state index contributed by atoms with van der Waals surface area (Å²) in [6.45, 7) is 3.98. The van der Waals surface area contributed by atoms with Gasteiger partial charge in [-0.15, -0.1) is 5.10 Å². The second-order valence-electron chi connectivity index (χ2n) is 7.88. The van der Waals surface area contributed by atoms with Crippen LogP contribution in [0.3, 0.4) is 0 Å². The number of benzene rings is 1. The first-order valence-electron chi connectivity index (χ1n) is 10.1. The van der Waals surface area contributed by atoms with E-state index in [1.54, 1.807) is 18.2 Å². The highest BCUT2D eigenvalue weighted by atomic mass is 19.4. The molecule has 1 saturated carbocycles. The topological polar surface area (TPSA) is 87.9 Å². The summed E-state index contributed by atoms with van der Waals surface area (Å²) in [4.78, 5) is 12.4. The largest absolute Gasteiger partial charge is 0.490 e. The highest BCUT2D eigenvalue weighted by Gasteiger charge is 2.34. The van der Waals surface area contributed by atoms with Crippen LogP contribution in [0.25, 0.3) is 0 Å². The standard InChI is InChI=1S/C22H23F3N4O2/c1-13(2)19-9-10-20(29-28-19)21(30)27-15-4-7-16(8-5-15)31-17-6-3-14(12-26)18(11-17)22(23,24)25/h3,6,9-11,13,15-16H,4-5,7-8H2,1-2H3,(H,27,30). The summed E-state index contributed by atoms with van der Waals surface area (Å²) in [5, 5.41) is 19.8. The minimum atomic E-state index is -4.62. The van der Waals surface area contributed by atoms with Gasteiger partial charge >= 0.3 is 6.18 Å². The lowest BCUT2D eigenvalue weighted by Gasteiger charge is -2.29. The number of ether oxygens (including phenoxy) is 1. The Morgan fingerprint density at radius 1 is 1.16 bits per heavy atom. The number of nitrogens with zero attached hydrogens (tertiary/aromatic N) is 3. The number of amides is 1. The summed E-state index contributed by atoms with van der Waals surface area (Å²) < 4.78 is 45.1. The van der Waals surface area contributed by atoms with Crippen LogP contribution in [-0.2, 0) is 6.18 Å². The Morgan fingerprint density at radius 2 is 1.87 bits per heavy atom. The predicted octanol–water partition coefficient (Wildman–Crippen LogP) is 4.61. The lowest BCUT2D eigenvalue weighted by Crippen LogP contribution is -2.40.